The summed E-state index contributed by atoms with van der Waals surface area (Å²) in [4.78, 5) is 4.45. The lowest BCUT2D eigenvalue weighted by Crippen LogP contribution is -2.13. The minimum atomic E-state index is 0.366. The number of aryl methyl sites for hydroxylation is 1. The van der Waals surface area contributed by atoms with Gasteiger partial charge in [-0.3, -0.25) is 0 Å². The second-order valence-corrected chi connectivity index (χ2v) is 3.58. The molecule has 0 spiro atoms. The first-order valence-electron chi connectivity index (χ1n) is 5.08. The standard InChI is InChI=1S/C10H16N2O/c1-2-4-8-7-13-10(12-8)9-5-3-6-11-9/h7,9,11H,2-6H2,1H3. The van der Waals surface area contributed by atoms with Crippen LogP contribution in [0, 0.1) is 0 Å². The molecule has 2 heterocycles. The van der Waals surface area contributed by atoms with Crippen molar-refractivity contribution in [2.24, 2.45) is 0 Å². The van der Waals surface area contributed by atoms with Crippen LogP contribution in [0.25, 0.3) is 0 Å². The zero-order valence-electron chi connectivity index (χ0n) is 8.05. The third-order valence-electron chi connectivity index (χ3n) is 2.43. The van der Waals surface area contributed by atoms with Gasteiger partial charge in [0.05, 0.1) is 11.7 Å². The van der Waals surface area contributed by atoms with Crippen molar-refractivity contribution < 1.29 is 4.42 Å². The number of rotatable bonds is 3. The molecular formula is C10H16N2O. The van der Waals surface area contributed by atoms with Gasteiger partial charge in [-0.2, -0.15) is 0 Å². The molecule has 1 atom stereocenters. The highest BCUT2D eigenvalue weighted by atomic mass is 16.3. The van der Waals surface area contributed by atoms with E-state index in [0.717, 1.165) is 37.4 Å². The zero-order chi connectivity index (χ0) is 9.10. The van der Waals surface area contributed by atoms with Crippen molar-refractivity contribution in [3.63, 3.8) is 0 Å². The average molecular weight is 180 g/mol. The molecule has 2 rings (SSSR count). The summed E-state index contributed by atoms with van der Waals surface area (Å²) in [5.41, 5.74) is 1.09. The monoisotopic (exact) mass is 180 g/mol. The van der Waals surface area contributed by atoms with E-state index in [-0.39, 0.29) is 0 Å². The largest absolute Gasteiger partial charge is 0.447 e. The van der Waals surface area contributed by atoms with Gasteiger partial charge in [-0.15, -0.1) is 0 Å². The fourth-order valence-corrected chi connectivity index (χ4v) is 1.75. The number of oxazole rings is 1. The highest BCUT2D eigenvalue weighted by Crippen LogP contribution is 2.22. The molecule has 0 amide bonds. The van der Waals surface area contributed by atoms with Crippen LogP contribution < -0.4 is 5.32 Å². The molecule has 3 nitrogen and oxygen atoms in total. The topological polar surface area (TPSA) is 38.1 Å². The van der Waals surface area contributed by atoms with E-state index in [1.54, 1.807) is 6.26 Å². The molecule has 13 heavy (non-hydrogen) atoms. The first-order valence-corrected chi connectivity index (χ1v) is 5.08. The lowest BCUT2D eigenvalue weighted by molar-refractivity contribution is 0.429. The van der Waals surface area contributed by atoms with Gasteiger partial charge in [-0.25, -0.2) is 4.98 Å². The molecule has 0 radical (unpaired) electrons. The molecule has 0 bridgehead atoms. The zero-order valence-corrected chi connectivity index (χ0v) is 8.05. The predicted octanol–water partition coefficient (Wildman–Crippen LogP) is 2.05. The molecule has 1 fully saturated rings. The van der Waals surface area contributed by atoms with Crippen molar-refractivity contribution in [1.82, 2.24) is 10.3 Å². The number of hydrogen-bond donors (Lipinski definition) is 1. The number of nitrogens with one attached hydrogen (secondary N) is 1. The third-order valence-corrected chi connectivity index (χ3v) is 2.43. The summed E-state index contributed by atoms with van der Waals surface area (Å²) in [7, 11) is 0. The Kier molecular flexibility index (Phi) is 2.64. The van der Waals surface area contributed by atoms with Crippen molar-refractivity contribution in [2.75, 3.05) is 6.54 Å². The Morgan fingerprint density at radius 3 is 3.31 bits per heavy atom. The normalized spacial score (nSPS) is 22.4. The van der Waals surface area contributed by atoms with Crippen LogP contribution in [0.15, 0.2) is 10.7 Å². The molecule has 1 aromatic rings. The summed E-state index contributed by atoms with van der Waals surface area (Å²) in [6, 6.07) is 0.366. The smallest absolute Gasteiger partial charge is 0.211 e. The van der Waals surface area contributed by atoms with Gasteiger partial charge < -0.3 is 9.73 Å². The third kappa shape index (κ3) is 1.91. The van der Waals surface area contributed by atoms with Crippen molar-refractivity contribution in [3.8, 4) is 0 Å². The quantitative estimate of drug-likeness (QED) is 0.773. The van der Waals surface area contributed by atoms with Crippen molar-refractivity contribution in [2.45, 2.75) is 38.6 Å². The van der Waals surface area contributed by atoms with Crippen molar-refractivity contribution in [1.29, 1.82) is 0 Å². The fraction of sp³-hybridized carbons (Fsp3) is 0.700. The second-order valence-electron chi connectivity index (χ2n) is 3.58. The molecule has 0 aliphatic carbocycles. The Bertz CT molecular complexity index is 264. The maximum atomic E-state index is 5.43. The van der Waals surface area contributed by atoms with Crippen LogP contribution in [0.2, 0.25) is 0 Å². The van der Waals surface area contributed by atoms with E-state index >= 15 is 0 Å². The van der Waals surface area contributed by atoms with Gasteiger partial charge in [0, 0.05) is 0 Å². The van der Waals surface area contributed by atoms with E-state index in [0.29, 0.717) is 6.04 Å². The SMILES string of the molecule is CCCc1coc(C2CCCN2)n1. The molecule has 1 aliphatic rings. The number of nitrogens with zero attached hydrogens (tertiary/aromatic N) is 1. The molecule has 1 aromatic heterocycles. The number of aromatic nitrogens is 1. The average Bonchev–Trinajstić information content (AvgIpc) is 2.70. The van der Waals surface area contributed by atoms with E-state index in [1.807, 2.05) is 0 Å². The molecule has 1 N–H and O–H groups in total. The van der Waals surface area contributed by atoms with Crippen molar-refractivity contribution >= 4 is 0 Å². The molecule has 1 unspecified atom stereocenters. The molecule has 1 saturated heterocycles. The minimum absolute atomic E-state index is 0.366. The molecule has 1 aliphatic heterocycles. The first-order chi connectivity index (χ1) is 6.40. The van der Waals surface area contributed by atoms with Gasteiger partial charge in [-0.1, -0.05) is 13.3 Å². The van der Waals surface area contributed by atoms with E-state index in [1.165, 1.54) is 6.42 Å². The summed E-state index contributed by atoms with van der Waals surface area (Å²) >= 11 is 0. The summed E-state index contributed by atoms with van der Waals surface area (Å²) in [6.45, 7) is 3.25. The summed E-state index contributed by atoms with van der Waals surface area (Å²) in [5, 5.41) is 3.37. The van der Waals surface area contributed by atoms with E-state index in [4.69, 9.17) is 4.42 Å². The highest BCUT2D eigenvalue weighted by Gasteiger charge is 2.20. The van der Waals surface area contributed by atoms with Gasteiger partial charge >= 0.3 is 0 Å². The molecule has 0 saturated carbocycles. The van der Waals surface area contributed by atoms with Crippen LogP contribution in [-0.4, -0.2) is 11.5 Å². The predicted molar refractivity (Wildman–Crippen MR) is 50.5 cm³/mol. The van der Waals surface area contributed by atoms with Gasteiger partial charge in [0.15, 0.2) is 0 Å². The van der Waals surface area contributed by atoms with Crippen LogP contribution >= 0.6 is 0 Å². The van der Waals surface area contributed by atoms with Crippen LogP contribution in [0.3, 0.4) is 0 Å². The fourth-order valence-electron chi connectivity index (χ4n) is 1.75. The molecular weight excluding hydrogens is 164 g/mol. The lowest BCUT2D eigenvalue weighted by atomic mass is 10.2. The summed E-state index contributed by atoms with van der Waals surface area (Å²) in [5.74, 6) is 0.876. The molecule has 0 aromatic carbocycles. The van der Waals surface area contributed by atoms with Crippen molar-refractivity contribution in [3.05, 3.63) is 17.8 Å². The Balaban J connectivity index is 2.03. The first kappa shape index (κ1) is 8.75. The number of hydrogen-bond acceptors (Lipinski definition) is 3. The molecule has 72 valence electrons. The Hall–Kier alpha value is -0.830. The minimum Gasteiger partial charge on any atom is -0.447 e. The summed E-state index contributed by atoms with van der Waals surface area (Å²) in [6.07, 6.45) is 6.33. The van der Waals surface area contributed by atoms with E-state index in [2.05, 4.69) is 17.2 Å². The van der Waals surface area contributed by atoms with Crippen LogP contribution in [-0.2, 0) is 6.42 Å². The lowest BCUT2D eigenvalue weighted by Gasteiger charge is -2.02. The summed E-state index contributed by atoms with van der Waals surface area (Å²) < 4.78 is 5.43. The maximum absolute atomic E-state index is 5.43. The molecule has 3 heteroatoms. The Morgan fingerprint density at radius 2 is 2.62 bits per heavy atom. The van der Waals surface area contributed by atoms with Crippen LogP contribution in [0.1, 0.15) is 43.8 Å². The van der Waals surface area contributed by atoms with Gasteiger partial charge in [0.2, 0.25) is 5.89 Å². The second kappa shape index (κ2) is 3.92. The van der Waals surface area contributed by atoms with Gasteiger partial charge in [0.1, 0.15) is 6.26 Å². The van der Waals surface area contributed by atoms with Gasteiger partial charge in [0.25, 0.3) is 0 Å². The highest BCUT2D eigenvalue weighted by molar-refractivity contribution is 5.01. The maximum Gasteiger partial charge on any atom is 0.211 e. The Morgan fingerprint density at radius 1 is 1.69 bits per heavy atom. The van der Waals surface area contributed by atoms with Crippen LogP contribution in [0.4, 0.5) is 0 Å². The van der Waals surface area contributed by atoms with Crippen LogP contribution in [0.5, 0.6) is 0 Å². The van der Waals surface area contributed by atoms with Gasteiger partial charge in [-0.05, 0) is 25.8 Å². The Labute approximate surface area is 78.5 Å². The van der Waals surface area contributed by atoms with E-state index in [9.17, 15) is 0 Å². The van der Waals surface area contributed by atoms with E-state index < -0.39 is 0 Å².